The highest BCUT2D eigenvalue weighted by Gasteiger charge is 2.15. The summed E-state index contributed by atoms with van der Waals surface area (Å²) in [6.45, 7) is 3.68. The molecule has 2 nitrogen and oxygen atoms in total. The molecule has 0 aromatic heterocycles. The molecule has 14 heavy (non-hydrogen) atoms. The van der Waals surface area contributed by atoms with Gasteiger partial charge < -0.3 is 10.1 Å². The predicted octanol–water partition coefficient (Wildman–Crippen LogP) is 2.85. The van der Waals surface area contributed by atoms with Crippen molar-refractivity contribution >= 4 is 17.3 Å². The molecule has 1 aromatic rings. The first-order valence-corrected chi connectivity index (χ1v) is 5.24. The van der Waals surface area contributed by atoms with E-state index < -0.39 is 0 Å². The first-order valence-electron chi connectivity index (χ1n) is 4.87. The highest BCUT2D eigenvalue weighted by atomic mass is 35.5. The molecule has 1 atom stereocenters. The number of hydrogen-bond donors (Lipinski definition) is 1. The molecule has 1 aliphatic rings. The third-order valence-corrected chi connectivity index (χ3v) is 2.97. The smallest absolute Gasteiger partial charge is 0.0668 e. The molecule has 1 aliphatic heterocycles. The third kappa shape index (κ3) is 2.02. The molecule has 3 heteroatoms. The topological polar surface area (TPSA) is 21.3 Å². The van der Waals surface area contributed by atoms with Gasteiger partial charge in [0.2, 0.25) is 0 Å². The van der Waals surface area contributed by atoms with Crippen molar-refractivity contribution in [2.75, 3.05) is 18.5 Å². The Morgan fingerprint density at radius 1 is 1.50 bits per heavy atom. The molecule has 0 radical (unpaired) electrons. The lowest BCUT2D eigenvalue weighted by Gasteiger charge is -2.14. The number of anilines is 1. The van der Waals surface area contributed by atoms with Crippen LogP contribution < -0.4 is 5.32 Å². The Labute approximate surface area is 89.2 Å². The minimum absolute atomic E-state index is 0.437. The standard InChI is InChI=1S/C11H14ClNO/c1-8-10(12)3-2-4-11(8)13-9-5-6-14-7-9/h2-4,9,13H,5-7H2,1H3. The number of ether oxygens (including phenoxy) is 1. The van der Waals surface area contributed by atoms with Crippen LogP contribution in [0.3, 0.4) is 0 Å². The molecule has 1 saturated heterocycles. The van der Waals surface area contributed by atoms with Crippen LogP contribution in [0, 0.1) is 6.92 Å². The predicted molar refractivity (Wildman–Crippen MR) is 59.0 cm³/mol. The molecule has 1 N–H and O–H groups in total. The normalized spacial score (nSPS) is 21.1. The summed E-state index contributed by atoms with van der Waals surface area (Å²) in [4.78, 5) is 0. The zero-order chi connectivity index (χ0) is 9.97. The summed E-state index contributed by atoms with van der Waals surface area (Å²) >= 11 is 6.03. The third-order valence-electron chi connectivity index (χ3n) is 2.56. The van der Waals surface area contributed by atoms with Gasteiger partial charge in [-0.3, -0.25) is 0 Å². The second-order valence-electron chi connectivity index (χ2n) is 3.62. The van der Waals surface area contributed by atoms with E-state index in [0.29, 0.717) is 6.04 Å². The largest absolute Gasteiger partial charge is 0.380 e. The molecule has 0 amide bonds. The molecule has 76 valence electrons. The fourth-order valence-electron chi connectivity index (χ4n) is 1.63. The van der Waals surface area contributed by atoms with Gasteiger partial charge in [0.15, 0.2) is 0 Å². The molecule has 1 unspecified atom stereocenters. The Morgan fingerprint density at radius 2 is 2.36 bits per heavy atom. The van der Waals surface area contributed by atoms with Gasteiger partial charge in [0.25, 0.3) is 0 Å². The van der Waals surface area contributed by atoms with Crippen LogP contribution in [0.1, 0.15) is 12.0 Å². The quantitative estimate of drug-likeness (QED) is 0.813. The highest BCUT2D eigenvalue weighted by Crippen LogP contribution is 2.24. The van der Waals surface area contributed by atoms with Crippen molar-refractivity contribution in [1.29, 1.82) is 0 Å². The first kappa shape index (κ1) is 9.81. The maximum atomic E-state index is 6.03. The first-order chi connectivity index (χ1) is 6.77. The summed E-state index contributed by atoms with van der Waals surface area (Å²) in [5.41, 5.74) is 2.23. The molecule has 1 aromatic carbocycles. The van der Waals surface area contributed by atoms with Crippen molar-refractivity contribution in [3.63, 3.8) is 0 Å². The summed E-state index contributed by atoms with van der Waals surface area (Å²) in [6.07, 6.45) is 1.08. The van der Waals surface area contributed by atoms with E-state index in [-0.39, 0.29) is 0 Å². The lowest BCUT2D eigenvalue weighted by atomic mass is 10.1. The van der Waals surface area contributed by atoms with E-state index in [0.717, 1.165) is 35.9 Å². The Hall–Kier alpha value is -0.730. The van der Waals surface area contributed by atoms with Crippen molar-refractivity contribution in [1.82, 2.24) is 0 Å². The number of halogens is 1. The fourth-order valence-corrected chi connectivity index (χ4v) is 1.81. The van der Waals surface area contributed by atoms with Gasteiger partial charge >= 0.3 is 0 Å². The fraction of sp³-hybridized carbons (Fsp3) is 0.455. The monoisotopic (exact) mass is 211 g/mol. The maximum Gasteiger partial charge on any atom is 0.0668 e. The molecule has 2 rings (SSSR count). The summed E-state index contributed by atoms with van der Waals surface area (Å²) in [7, 11) is 0. The van der Waals surface area contributed by atoms with E-state index in [9.17, 15) is 0 Å². The van der Waals surface area contributed by atoms with Crippen molar-refractivity contribution in [3.8, 4) is 0 Å². The molecule has 0 saturated carbocycles. The summed E-state index contributed by atoms with van der Waals surface area (Å²) < 4.78 is 5.30. The SMILES string of the molecule is Cc1c(Cl)cccc1NC1CCOC1. The lowest BCUT2D eigenvalue weighted by molar-refractivity contribution is 0.195. The van der Waals surface area contributed by atoms with Gasteiger partial charge in [0, 0.05) is 17.3 Å². The van der Waals surface area contributed by atoms with Crippen LogP contribution in [0.4, 0.5) is 5.69 Å². The van der Waals surface area contributed by atoms with Gasteiger partial charge in [-0.2, -0.15) is 0 Å². The zero-order valence-corrected chi connectivity index (χ0v) is 8.97. The van der Waals surface area contributed by atoms with E-state index in [2.05, 4.69) is 11.4 Å². The number of rotatable bonds is 2. The van der Waals surface area contributed by atoms with Crippen LogP contribution in [0.2, 0.25) is 5.02 Å². The summed E-state index contributed by atoms with van der Waals surface area (Å²) in [6, 6.07) is 6.37. The van der Waals surface area contributed by atoms with Gasteiger partial charge in [0.05, 0.1) is 12.6 Å². The lowest BCUT2D eigenvalue weighted by Crippen LogP contribution is -2.19. The number of hydrogen-bond acceptors (Lipinski definition) is 2. The van der Waals surface area contributed by atoms with Gasteiger partial charge in [-0.15, -0.1) is 0 Å². The van der Waals surface area contributed by atoms with Gasteiger partial charge in [-0.05, 0) is 31.0 Å². The molecule has 1 fully saturated rings. The van der Waals surface area contributed by atoms with E-state index in [4.69, 9.17) is 16.3 Å². The van der Waals surface area contributed by atoms with Crippen molar-refractivity contribution in [2.24, 2.45) is 0 Å². The molecule has 1 heterocycles. The second kappa shape index (κ2) is 4.20. The van der Waals surface area contributed by atoms with Gasteiger partial charge in [-0.25, -0.2) is 0 Å². The molecular weight excluding hydrogens is 198 g/mol. The molecule has 0 aliphatic carbocycles. The van der Waals surface area contributed by atoms with Crippen molar-refractivity contribution < 1.29 is 4.74 Å². The van der Waals surface area contributed by atoms with Crippen molar-refractivity contribution in [3.05, 3.63) is 28.8 Å². The average Bonchev–Trinajstić information content (AvgIpc) is 2.66. The number of benzene rings is 1. The molecular formula is C11H14ClNO. The number of nitrogens with one attached hydrogen (secondary N) is 1. The van der Waals surface area contributed by atoms with Crippen LogP contribution in [-0.2, 0) is 4.74 Å². The van der Waals surface area contributed by atoms with Crippen LogP contribution in [0.25, 0.3) is 0 Å². The van der Waals surface area contributed by atoms with Crippen LogP contribution in [0.15, 0.2) is 18.2 Å². The van der Waals surface area contributed by atoms with Crippen molar-refractivity contribution in [2.45, 2.75) is 19.4 Å². The average molecular weight is 212 g/mol. The Morgan fingerprint density at radius 3 is 3.07 bits per heavy atom. The van der Waals surface area contributed by atoms with E-state index in [1.807, 2.05) is 19.1 Å². The zero-order valence-electron chi connectivity index (χ0n) is 8.22. The summed E-state index contributed by atoms with van der Waals surface area (Å²) in [5.74, 6) is 0. The van der Waals surface area contributed by atoms with E-state index in [1.54, 1.807) is 0 Å². The van der Waals surface area contributed by atoms with E-state index >= 15 is 0 Å². The van der Waals surface area contributed by atoms with Crippen LogP contribution in [0.5, 0.6) is 0 Å². The Balaban J connectivity index is 2.11. The minimum Gasteiger partial charge on any atom is -0.380 e. The summed E-state index contributed by atoms with van der Waals surface area (Å²) in [5, 5.41) is 4.25. The Kier molecular flexibility index (Phi) is 2.94. The minimum atomic E-state index is 0.437. The Bertz CT molecular complexity index is 321. The van der Waals surface area contributed by atoms with Gasteiger partial charge in [-0.1, -0.05) is 17.7 Å². The molecule has 0 bridgehead atoms. The second-order valence-corrected chi connectivity index (χ2v) is 4.02. The highest BCUT2D eigenvalue weighted by molar-refractivity contribution is 6.31. The van der Waals surface area contributed by atoms with E-state index in [1.165, 1.54) is 0 Å². The van der Waals surface area contributed by atoms with Gasteiger partial charge in [0.1, 0.15) is 0 Å². The molecule has 0 spiro atoms. The maximum absolute atomic E-state index is 6.03. The van der Waals surface area contributed by atoms with Crippen LogP contribution in [-0.4, -0.2) is 19.3 Å². The van der Waals surface area contributed by atoms with Crippen LogP contribution >= 0.6 is 11.6 Å².